The monoisotopic (exact) mass is 412 g/mol. The molecular weight excluding hydrogens is 392 g/mol. The first-order valence-corrected chi connectivity index (χ1v) is 11.2. The highest BCUT2D eigenvalue weighted by atomic mass is 32.2. The minimum absolute atomic E-state index is 0.0814. The standard InChI is InChI=1S/C20H20N4O2S2/c1-26-17-10-6-3-7-14(17)13-23-18(25)15-8-4-5-9-16(15)24-19(23)21-22-20(24)28-12-11-27-2/h3-10H,11-13H2,1-2H3. The molecule has 6 nitrogen and oxygen atoms in total. The van der Waals surface area contributed by atoms with Crippen molar-refractivity contribution in [1.82, 2.24) is 19.2 Å². The number of thioether (sulfide) groups is 2. The van der Waals surface area contributed by atoms with Crippen LogP contribution in [0.5, 0.6) is 5.75 Å². The molecule has 4 rings (SSSR count). The van der Waals surface area contributed by atoms with E-state index in [1.807, 2.05) is 52.9 Å². The van der Waals surface area contributed by atoms with Crippen LogP contribution in [0.3, 0.4) is 0 Å². The summed E-state index contributed by atoms with van der Waals surface area (Å²) in [6.07, 6.45) is 2.09. The summed E-state index contributed by atoms with van der Waals surface area (Å²) >= 11 is 3.45. The van der Waals surface area contributed by atoms with Gasteiger partial charge in [0.1, 0.15) is 5.75 Å². The molecule has 0 aliphatic rings. The van der Waals surface area contributed by atoms with E-state index in [-0.39, 0.29) is 5.56 Å². The number of ether oxygens (including phenoxy) is 1. The summed E-state index contributed by atoms with van der Waals surface area (Å²) in [4.78, 5) is 13.2. The first kappa shape index (κ1) is 18.9. The number of nitrogens with zero attached hydrogens (tertiary/aromatic N) is 4. The molecule has 8 heteroatoms. The molecule has 28 heavy (non-hydrogen) atoms. The van der Waals surface area contributed by atoms with E-state index in [1.54, 1.807) is 35.2 Å². The fourth-order valence-electron chi connectivity index (χ4n) is 3.19. The van der Waals surface area contributed by atoms with Crippen molar-refractivity contribution in [2.75, 3.05) is 24.9 Å². The van der Waals surface area contributed by atoms with Crippen molar-refractivity contribution < 1.29 is 4.74 Å². The van der Waals surface area contributed by atoms with E-state index < -0.39 is 0 Å². The summed E-state index contributed by atoms with van der Waals surface area (Å²) in [6.45, 7) is 0.366. The fraction of sp³-hybridized carbons (Fsp3) is 0.250. The molecular formula is C20H20N4O2S2. The van der Waals surface area contributed by atoms with Crippen molar-refractivity contribution in [2.24, 2.45) is 0 Å². The van der Waals surface area contributed by atoms with Crippen LogP contribution in [0.15, 0.2) is 58.5 Å². The maximum Gasteiger partial charge on any atom is 0.263 e. The van der Waals surface area contributed by atoms with E-state index in [4.69, 9.17) is 4.74 Å². The highest BCUT2D eigenvalue weighted by Crippen LogP contribution is 2.24. The molecule has 2 heterocycles. The van der Waals surface area contributed by atoms with Gasteiger partial charge in [-0.2, -0.15) is 11.8 Å². The smallest absolute Gasteiger partial charge is 0.263 e. The van der Waals surface area contributed by atoms with Gasteiger partial charge in [-0.15, -0.1) is 10.2 Å². The molecule has 144 valence electrons. The van der Waals surface area contributed by atoms with Gasteiger partial charge in [0.25, 0.3) is 5.56 Å². The van der Waals surface area contributed by atoms with Gasteiger partial charge in [-0.05, 0) is 24.5 Å². The lowest BCUT2D eigenvalue weighted by Gasteiger charge is -2.13. The van der Waals surface area contributed by atoms with Crippen LogP contribution in [-0.4, -0.2) is 44.0 Å². The van der Waals surface area contributed by atoms with E-state index >= 15 is 0 Å². The summed E-state index contributed by atoms with van der Waals surface area (Å²) in [7, 11) is 1.63. The molecule has 0 N–H and O–H groups in total. The van der Waals surface area contributed by atoms with Gasteiger partial charge in [-0.1, -0.05) is 42.1 Å². The molecule has 0 unspecified atom stereocenters. The molecule has 4 aromatic rings. The summed E-state index contributed by atoms with van der Waals surface area (Å²) in [5.74, 6) is 3.25. The Kier molecular flexibility index (Phi) is 5.59. The Morgan fingerprint density at radius 2 is 1.82 bits per heavy atom. The quantitative estimate of drug-likeness (QED) is 0.342. The summed E-state index contributed by atoms with van der Waals surface area (Å²) < 4.78 is 9.12. The molecule has 0 atom stereocenters. The SMILES string of the molecule is COc1ccccc1Cn1c(=O)c2ccccc2n2c(SCCSC)nnc12. The molecule has 2 aromatic heterocycles. The average Bonchev–Trinajstić information content (AvgIpc) is 3.15. The zero-order valence-corrected chi connectivity index (χ0v) is 17.3. The van der Waals surface area contributed by atoms with Crippen LogP contribution in [0.25, 0.3) is 16.7 Å². The van der Waals surface area contributed by atoms with E-state index in [0.717, 1.165) is 33.5 Å². The zero-order valence-electron chi connectivity index (χ0n) is 15.7. The second-order valence-corrected chi connectivity index (χ2v) is 8.23. The third-order valence-electron chi connectivity index (χ3n) is 4.52. The third kappa shape index (κ3) is 3.38. The van der Waals surface area contributed by atoms with Crippen molar-refractivity contribution in [2.45, 2.75) is 11.7 Å². The zero-order chi connectivity index (χ0) is 19.5. The van der Waals surface area contributed by atoms with Gasteiger partial charge >= 0.3 is 0 Å². The van der Waals surface area contributed by atoms with Gasteiger partial charge in [0.2, 0.25) is 5.78 Å². The normalized spacial score (nSPS) is 11.4. The van der Waals surface area contributed by atoms with Crippen LogP contribution < -0.4 is 10.3 Å². The molecule has 0 saturated heterocycles. The summed E-state index contributed by atoms with van der Waals surface area (Å²) in [6, 6.07) is 15.3. The van der Waals surface area contributed by atoms with Crippen molar-refractivity contribution in [3.8, 4) is 5.75 Å². The first-order chi connectivity index (χ1) is 13.7. The Balaban J connectivity index is 1.92. The average molecular weight is 413 g/mol. The molecule has 0 aliphatic heterocycles. The predicted molar refractivity (Wildman–Crippen MR) is 116 cm³/mol. The fourth-order valence-corrected chi connectivity index (χ4v) is 4.78. The molecule has 0 aliphatic carbocycles. The second-order valence-electron chi connectivity index (χ2n) is 6.18. The van der Waals surface area contributed by atoms with Gasteiger partial charge in [-0.25, -0.2) is 0 Å². The van der Waals surface area contributed by atoms with Crippen molar-refractivity contribution in [3.63, 3.8) is 0 Å². The number of rotatable bonds is 7. The third-order valence-corrected chi connectivity index (χ3v) is 6.32. The molecule has 2 aromatic carbocycles. The van der Waals surface area contributed by atoms with E-state index in [9.17, 15) is 4.79 Å². The number of benzene rings is 2. The number of hydrogen-bond acceptors (Lipinski definition) is 6. The molecule has 0 bridgehead atoms. The number of para-hydroxylation sites is 2. The molecule has 0 radical (unpaired) electrons. The largest absolute Gasteiger partial charge is 0.496 e. The summed E-state index contributed by atoms with van der Waals surface area (Å²) in [5, 5.41) is 10.2. The second kappa shape index (κ2) is 8.28. The van der Waals surface area contributed by atoms with Gasteiger partial charge < -0.3 is 4.74 Å². The van der Waals surface area contributed by atoms with Crippen molar-refractivity contribution in [3.05, 3.63) is 64.4 Å². The van der Waals surface area contributed by atoms with E-state index in [2.05, 4.69) is 16.5 Å². The summed E-state index contributed by atoms with van der Waals surface area (Å²) in [5.41, 5.74) is 1.67. The van der Waals surface area contributed by atoms with Crippen LogP contribution in [0.2, 0.25) is 0 Å². The number of hydrogen-bond donors (Lipinski definition) is 0. The minimum atomic E-state index is -0.0814. The van der Waals surface area contributed by atoms with Crippen LogP contribution in [0.1, 0.15) is 5.56 Å². The number of fused-ring (bicyclic) bond motifs is 3. The van der Waals surface area contributed by atoms with Crippen molar-refractivity contribution >= 4 is 40.2 Å². The minimum Gasteiger partial charge on any atom is -0.496 e. The lowest BCUT2D eigenvalue weighted by atomic mass is 10.2. The highest BCUT2D eigenvalue weighted by Gasteiger charge is 2.17. The van der Waals surface area contributed by atoms with Crippen LogP contribution >= 0.6 is 23.5 Å². The van der Waals surface area contributed by atoms with E-state index in [1.165, 1.54) is 0 Å². The van der Waals surface area contributed by atoms with Crippen LogP contribution in [-0.2, 0) is 6.54 Å². The van der Waals surface area contributed by atoms with E-state index in [0.29, 0.717) is 17.7 Å². The molecule has 0 fully saturated rings. The highest BCUT2D eigenvalue weighted by molar-refractivity contribution is 8.02. The van der Waals surface area contributed by atoms with Gasteiger partial charge in [-0.3, -0.25) is 13.8 Å². The van der Waals surface area contributed by atoms with Gasteiger partial charge in [0.15, 0.2) is 5.16 Å². The Labute approximate surface area is 170 Å². The maximum absolute atomic E-state index is 13.2. The lowest BCUT2D eigenvalue weighted by molar-refractivity contribution is 0.408. The molecule has 0 saturated carbocycles. The predicted octanol–water partition coefficient (Wildman–Crippen LogP) is 3.56. The first-order valence-electron chi connectivity index (χ1n) is 8.85. The Morgan fingerprint density at radius 3 is 2.64 bits per heavy atom. The number of methoxy groups -OCH3 is 1. The van der Waals surface area contributed by atoms with Crippen LogP contribution in [0, 0.1) is 0 Å². The molecule has 0 amide bonds. The van der Waals surface area contributed by atoms with Crippen molar-refractivity contribution in [1.29, 1.82) is 0 Å². The van der Waals surface area contributed by atoms with Crippen LogP contribution in [0.4, 0.5) is 0 Å². The Hall–Kier alpha value is -2.45. The lowest BCUT2D eigenvalue weighted by Crippen LogP contribution is -2.24. The van der Waals surface area contributed by atoms with Gasteiger partial charge in [0, 0.05) is 17.1 Å². The maximum atomic E-state index is 13.2. The van der Waals surface area contributed by atoms with Gasteiger partial charge in [0.05, 0.1) is 24.6 Å². The molecule has 0 spiro atoms. The topological polar surface area (TPSA) is 61.4 Å². The Bertz CT molecular complexity index is 1190. The number of aromatic nitrogens is 4. The Morgan fingerprint density at radius 1 is 1.04 bits per heavy atom.